The number of alkyl halides is 3. The molecule has 1 amide bonds. The molecule has 0 radical (unpaired) electrons. The highest BCUT2D eigenvalue weighted by molar-refractivity contribution is 7.93. The molecule has 0 aliphatic carbocycles. The lowest BCUT2D eigenvalue weighted by atomic mass is 9.85. The standard InChI is InChI=1S/C23H28ClF3N4O8S/c1-5-30-11-17(18(24)29-30)40(36,37)31-10-14(9-22(4,12-32)19(33)34)38-16-7-6-13(8-15(16)31)28-20(35)39-21(2,3)23(25,26)27/h6-8,11,14,32H,5,9-10,12H2,1-4H3,(H,28,35)(H,33,34)/t14-,22-/m0/s1. The highest BCUT2D eigenvalue weighted by atomic mass is 35.5. The van der Waals surface area contributed by atoms with E-state index < -0.39 is 58.5 Å². The van der Waals surface area contributed by atoms with Crippen LogP contribution in [0.15, 0.2) is 29.3 Å². The first-order chi connectivity index (χ1) is 18.3. The molecule has 2 atom stereocenters. The number of anilines is 2. The van der Waals surface area contributed by atoms with Crippen LogP contribution >= 0.6 is 11.6 Å². The van der Waals surface area contributed by atoms with Crippen molar-refractivity contribution < 1.29 is 50.9 Å². The Labute approximate surface area is 232 Å². The Balaban J connectivity index is 2.03. The summed E-state index contributed by atoms with van der Waals surface area (Å²) >= 11 is 6.11. The van der Waals surface area contributed by atoms with Gasteiger partial charge in [0.25, 0.3) is 10.0 Å². The molecular formula is C23H28ClF3N4O8S. The Morgan fingerprint density at radius 3 is 2.45 bits per heavy atom. The van der Waals surface area contributed by atoms with Crippen molar-refractivity contribution in [3.8, 4) is 5.75 Å². The third-order valence-electron chi connectivity index (χ3n) is 6.29. The SMILES string of the molecule is CCn1cc(S(=O)(=O)N2C[C@H](C[C@@](C)(CO)C(=O)O)Oc3ccc(NC(=O)OC(C)(C)C(F)(F)F)cc32)c(Cl)n1. The van der Waals surface area contributed by atoms with E-state index in [2.05, 4.69) is 15.2 Å². The van der Waals surface area contributed by atoms with Gasteiger partial charge in [-0.25, -0.2) is 13.2 Å². The number of aromatic nitrogens is 2. The minimum Gasteiger partial charge on any atom is -0.486 e. The van der Waals surface area contributed by atoms with Gasteiger partial charge in [0.1, 0.15) is 16.7 Å². The molecule has 12 nitrogen and oxygen atoms in total. The number of nitrogens with one attached hydrogen (secondary N) is 1. The van der Waals surface area contributed by atoms with Gasteiger partial charge in [-0.15, -0.1) is 0 Å². The van der Waals surface area contributed by atoms with Crippen LogP contribution in [0.2, 0.25) is 5.15 Å². The summed E-state index contributed by atoms with van der Waals surface area (Å²) in [5.74, 6) is -1.37. The summed E-state index contributed by atoms with van der Waals surface area (Å²) in [5, 5.41) is 25.0. The van der Waals surface area contributed by atoms with Crippen molar-refractivity contribution in [2.45, 2.75) is 63.4 Å². The van der Waals surface area contributed by atoms with Gasteiger partial charge in [0.15, 0.2) is 5.15 Å². The fourth-order valence-corrected chi connectivity index (χ4v) is 5.66. The molecule has 0 saturated heterocycles. The van der Waals surface area contributed by atoms with Gasteiger partial charge < -0.3 is 19.7 Å². The Hall–Kier alpha value is -3.24. The van der Waals surface area contributed by atoms with Crippen LogP contribution in [-0.2, 0) is 26.1 Å². The number of aliphatic hydroxyl groups excluding tert-OH is 1. The van der Waals surface area contributed by atoms with Crippen molar-refractivity contribution in [2.75, 3.05) is 22.8 Å². The molecule has 40 heavy (non-hydrogen) atoms. The van der Waals surface area contributed by atoms with Crippen LogP contribution in [0.5, 0.6) is 5.75 Å². The molecule has 0 unspecified atom stereocenters. The number of carboxylic acids is 1. The van der Waals surface area contributed by atoms with Crippen LogP contribution in [0.25, 0.3) is 0 Å². The normalized spacial score (nSPS) is 17.4. The van der Waals surface area contributed by atoms with Gasteiger partial charge in [0.2, 0.25) is 5.60 Å². The number of amides is 1. The van der Waals surface area contributed by atoms with Crippen molar-refractivity contribution in [3.63, 3.8) is 0 Å². The summed E-state index contributed by atoms with van der Waals surface area (Å²) in [4.78, 5) is 23.6. The van der Waals surface area contributed by atoms with Gasteiger partial charge >= 0.3 is 18.2 Å². The monoisotopic (exact) mass is 612 g/mol. The van der Waals surface area contributed by atoms with Crippen LogP contribution in [0.1, 0.15) is 34.1 Å². The Morgan fingerprint density at radius 1 is 1.27 bits per heavy atom. The number of ether oxygens (including phenoxy) is 2. The average molecular weight is 613 g/mol. The van der Waals surface area contributed by atoms with E-state index in [4.69, 9.17) is 16.3 Å². The number of hydrogen-bond donors (Lipinski definition) is 3. The van der Waals surface area contributed by atoms with E-state index in [0.29, 0.717) is 20.4 Å². The third-order valence-corrected chi connectivity index (χ3v) is 8.46. The minimum absolute atomic E-state index is 0.0425. The van der Waals surface area contributed by atoms with Crippen molar-refractivity contribution >= 4 is 45.1 Å². The number of fused-ring (bicyclic) bond motifs is 1. The molecule has 1 aromatic heterocycles. The summed E-state index contributed by atoms with van der Waals surface area (Å²) in [7, 11) is -4.47. The summed E-state index contributed by atoms with van der Waals surface area (Å²) in [5.41, 5.74) is -4.72. The Morgan fingerprint density at radius 2 is 1.93 bits per heavy atom. The molecule has 0 spiro atoms. The zero-order valence-corrected chi connectivity index (χ0v) is 23.4. The number of hydrogen-bond acceptors (Lipinski definition) is 8. The Kier molecular flexibility index (Phi) is 8.58. The average Bonchev–Trinajstić information content (AvgIpc) is 3.24. The number of rotatable bonds is 9. The molecule has 3 N–H and O–H groups in total. The third kappa shape index (κ3) is 6.23. The largest absolute Gasteiger partial charge is 0.486 e. The molecule has 0 saturated carbocycles. The van der Waals surface area contributed by atoms with Gasteiger partial charge in [-0.1, -0.05) is 11.6 Å². The van der Waals surface area contributed by atoms with Gasteiger partial charge in [-0.05, 0) is 45.9 Å². The lowest BCUT2D eigenvalue weighted by Gasteiger charge is -2.38. The number of aliphatic hydroxyl groups is 1. The number of benzene rings is 1. The molecule has 2 heterocycles. The maximum atomic E-state index is 13.8. The van der Waals surface area contributed by atoms with Crippen LogP contribution in [0, 0.1) is 5.41 Å². The van der Waals surface area contributed by atoms with Gasteiger partial charge in [0.05, 0.1) is 24.3 Å². The topological polar surface area (TPSA) is 160 Å². The summed E-state index contributed by atoms with van der Waals surface area (Å²) in [6.45, 7) is 3.43. The van der Waals surface area contributed by atoms with E-state index in [-0.39, 0.29) is 33.6 Å². The second-order valence-electron chi connectivity index (χ2n) is 9.85. The number of aliphatic carboxylic acids is 1. The van der Waals surface area contributed by atoms with Gasteiger partial charge in [-0.2, -0.15) is 18.3 Å². The molecule has 222 valence electrons. The minimum atomic E-state index is -4.85. The van der Waals surface area contributed by atoms with Gasteiger partial charge in [-0.3, -0.25) is 19.1 Å². The zero-order chi connectivity index (χ0) is 30.3. The maximum Gasteiger partial charge on any atom is 0.427 e. The van der Waals surface area contributed by atoms with Crippen molar-refractivity contribution in [3.05, 3.63) is 29.5 Å². The zero-order valence-electron chi connectivity index (χ0n) is 21.8. The molecule has 1 aliphatic heterocycles. The number of aryl methyl sites for hydroxylation is 1. The van der Waals surface area contributed by atoms with E-state index in [1.54, 1.807) is 6.92 Å². The Bertz CT molecular complexity index is 1400. The number of carbonyl (C=O) groups is 2. The van der Waals surface area contributed by atoms with E-state index in [0.717, 1.165) is 10.4 Å². The summed E-state index contributed by atoms with van der Waals surface area (Å²) in [6, 6.07) is 3.63. The van der Waals surface area contributed by atoms with E-state index >= 15 is 0 Å². The first kappa shape index (κ1) is 31.3. The first-order valence-electron chi connectivity index (χ1n) is 11.8. The molecule has 0 bridgehead atoms. The molecule has 3 rings (SSSR count). The highest BCUT2D eigenvalue weighted by Crippen LogP contribution is 2.42. The number of carboxylic acid groups (broad SMARTS) is 1. The summed E-state index contributed by atoms with van der Waals surface area (Å²) in [6.07, 6.45) is -6.43. The molecule has 17 heteroatoms. The van der Waals surface area contributed by atoms with Crippen LogP contribution in [0.4, 0.5) is 29.3 Å². The second kappa shape index (κ2) is 11.0. The molecule has 1 aliphatic rings. The molecule has 0 fully saturated rings. The van der Waals surface area contributed by atoms with Crippen LogP contribution in [0.3, 0.4) is 0 Å². The molecule has 1 aromatic carbocycles. The van der Waals surface area contributed by atoms with Crippen molar-refractivity contribution in [1.82, 2.24) is 9.78 Å². The lowest BCUT2D eigenvalue weighted by Crippen LogP contribution is -2.47. The predicted molar refractivity (Wildman–Crippen MR) is 136 cm³/mol. The predicted octanol–water partition coefficient (Wildman–Crippen LogP) is 3.88. The molecular weight excluding hydrogens is 585 g/mol. The fraction of sp³-hybridized carbons (Fsp3) is 0.522. The first-order valence-corrected chi connectivity index (χ1v) is 13.6. The number of carbonyl (C=O) groups excluding carboxylic acids is 1. The van der Waals surface area contributed by atoms with E-state index in [1.807, 2.05) is 0 Å². The quantitative estimate of drug-likeness (QED) is 0.382. The lowest BCUT2D eigenvalue weighted by molar-refractivity contribution is -0.242. The van der Waals surface area contributed by atoms with E-state index in [1.165, 1.54) is 29.9 Å². The smallest absolute Gasteiger partial charge is 0.427 e. The summed E-state index contributed by atoms with van der Waals surface area (Å²) < 4.78 is 79.5. The number of nitrogens with zero attached hydrogens (tertiary/aromatic N) is 3. The van der Waals surface area contributed by atoms with Crippen molar-refractivity contribution in [1.29, 1.82) is 0 Å². The second-order valence-corrected chi connectivity index (χ2v) is 12.0. The van der Waals surface area contributed by atoms with Crippen LogP contribution in [-0.4, -0.2) is 71.5 Å². The number of sulfonamides is 1. The highest BCUT2D eigenvalue weighted by Gasteiger charge is 2.51. The van der Waals surface area contributed by atoms with E-state index in [9.17, 15) is 41.4 Å². The number of halogens is 4. The van der Waals surface area contributed by atoms with Crippen LogP contribution < -0.4 is 14.4 Å². The maximum absolute atomic E-state index is 13.8. The fourth-order valence-electron chi connectivity index (χ4n) is 3.71. The molecule has 2 aromatic rings. The van der Waals surface area contributed by atoms with Gasteiger partial charge in [0, 0.05) is 24.8 Å². The van der Waals surface area contributed by atoms with Crippen molar-refractivity contribution in [2.24, 2.45) is 5.41 Å².